The number of nitrogens with one attached hydrogen (secondary N) is 1. The van der Waals surface area contributed by atoms with Crippen LogP contribution in [0, 0.1) is 13.8 Å². The van der Waals surface area contributed by atoms with Crippen LogP contribution >= 0.6 is 11.3 Å². The zero-order valence-corrected chi connectivity index (χ0v) is 20.2. The molecule has 1 amide bonds. The third kappa shape index (κ3) is 4.89. The lowest BCUT2D eigenvalue weighted by Crippen LogP contribution is -2.23. The van der Waals surface area contributed by atoms with Gasteiger partial charge in [-0.1, -0.05) is 0 Å². The van der Waals surface area contributed by atoms with E-state index in [2.05, 4.69) is 10.3 Å². The number of carbonyl (C=O) groups excluding carboxylic acids is 1. The second-order valence-electron chi connectivity index (χ2n) is 7.65. The number of methoxy groups -OCH3 is 2. The SMILES string of the molecule is COc1ccc(Oc2cc(NC(=O)CCn3cnc4sc(C)c(C)c4c3=O)ccc2OC)cc1. The maximum Gasteiger partial charge on any atom is 0.262 e. The van der Waals surface area contributed by atoms with E-state index in [9.17, 15) is 9.59 Å². The van der Waals surface area contributed by atoms with Gasteiger partial charge in [0.05, 0.1) is 25.9 Å². The van der Waals surface area contributed by atoms with Crippen molar-refractivity contribution in [2.75, 3.05) is 19.5 Å². The van der Waals surface area contributed by atoms with Crippen molar-refractivity contribution in [3.63, 3.8) is 0 Å². The molecule has 9 heteroatoms. The number of aryl methyl sites for hydroxylation is 3. The Kier molecular flexibility index (Phi) is 6.83. The van der Waals surface area contributed by atoms with Gasteiger partial charge in [0.1, 0.15) is 16.3 Å². The lowest BCUT2D eigenvalue weighted by atomic mass is 10.2. The molecular weight excluding hydrogens is 454 g/mol. The van der Waals surface area contributed by atoms with Crippen LogP contribution in [0.1, 0.15) is 16.9 Å². The topological polar surface area (TPSA) is 91.7 Å². The zero-order chi connectivity index (χ0) is 24.2. The first-order valence-electron chi connectivity index (χ1n) is 10.6. The monoisotopic (exact) mass is 479 g/mol. The number of aromatic nitrogens is 2. The molecule has 4 rings (SSSR count). The van der Waals surface area contributed by atoms with Crippen LogP contribution in [0.15, 0.2) is 53.6 Å². The summed E-state index contributed by atoms with van der Waals surface area (Å²) in [6.45, 7) is 4.12. The number of benzene rings is 2. The van der Waals surface area contributed by atoms with Gasteiger partial charge in [0.25, 0.3) is 5.56 Å². The minimum Gasteiger partial charge on any atom is -0.497 e. The number of hydrogen-bond donors (Lipinski definition) is 1. The standard InChI is InChI=1S/C25H25N3O5S/c1-15-16(2)34-24-23(15)25(30)28(14-26-24)12-11-22(29)27-17-5-10-20(32-4)21(13-17)33-19-8-6-18(31-3)7-9-19/h5-10,13-14H,11-12H2,1-4H3,(H,27,29). The molecule has 2 aromatic heterocycles. The molecule has 0 unspecified atom stereocenters. The van der Waals surface area contributed by atoms with Gasteiger partial charge in [-0.2, -0.15) is 0 Å². The highest BCUT2D eigenvalue weighted by atomic mass is 32.1. The highest BCUT2D eigenvalue weighted by Crippen LogP contribution is 2.34. The molecule has 0 spiro atoms. The third-order valence-corrected chi connectivity index (χ3v) is 6.59. The molecule has 0 bridgehead atoms. The average molecular weight is 480 g/mol. The Morgan fingerprint density at radius 3 is 2.47 bits per heavy atom. The van der Waals surface area contributed by atoms with E-state index in [4.69, 9.17) is 14.2 Å². The molecule has 2 heterocycles. The van der Waals surface area contributed by atoms with Gasteiger partial charge in [-0.25, -0.2) is 4.98 Å². The number of ether oxygens (including phenoxy) is 3. The minimum atomic E-state index is -0.231. The molecule has 2 aromatic carbocycles. The van der Waals surface area contributed by atoms with Crippen molar-refractivity contribution >= 4 is 33.1 Å². The summed E-state index contributed by atoms with van der Waals surface area (Å²) in [7, 11) is 3.15. The Labute approximate surface area is 200 Å². The van der Waals surface area contributed by atoms with Gasteiger partial charge in [0.2, 0.25) is 5.91 Å². The van der Waals surface area contributed by atoms with Crippen LogP contribution in [0.4, 0.5) is 5.69 Å². The van der Waals surface area contributed by atoms with E-state index < -0.39 is 0 Å². The second-order valence-corrected chi connectivity index (χ2v) is 8.85. The number of rotatable bonds is 8. The Morgan fingerprint density at radius 1 is 1.03 bits per heavy atom. The van der Waals surface area contributed by atoms with E-state index >= 15 is 0 Å². The fourth-order valence-corrected chi connectivity index (χ4v) is 4.47. The van der Waals surface area contributed by atoms with Crippen LogP contribution in [0.25, 0.3) is 10.2 Å². The van der Waals surface area contributed by atoms with Crippen LogP contribution in [-0.4, -0.2) is 29.7 Å². The normalized spacial score (nSPS) is 10.8. The summed E-state index contributed by atoms with van der Waals surface area (Å²) in [4.78, 5) is 31.6. The fourth-order valence-electron chi connectivity index (χ4n) is 3.48. The first-order chi connectivity index (χ1) is 16.4. The van der Waals surface area contributed by atoms with E-state index in [1.165, 1.54) is 22.2 Å². The first-order valence-corrected chi connectivity index (χ1v) is 11.5. The maximum atomic E-state index is 12.8. The Morgan fingerprint density at radius 2 is 1.76 bits per heavy atom. The summed E-state index contributed by atoms with van der Waals surface area (Å²) in [5.41, 5.74) is 1.37. The minimum absolute atomic E-state index is 0.121. The van der Waals surface area contributed by atoms with Crippen LogP contribution < -0.4 is 25.1 Å². The lowest BCUT2D eigenvalue weighted by Gasteiger charge is -2.13. The molecule has 0 aliphatic rings. The molecule has 8 nitrogen and oxygen atoms in total. The van der Waals surface area contributed by atoms with Crippen molar-refractivity contribution < 1.29 is 19.0 Å². The van der Waals surface area contributed by atoms with Crippen LogP contribution in [0.3, 0.4) is 0 Å². The maximum absolute atomic E-state index is 12.8. The van der Waals surface area contributed by atoms with Crippen LogP contribution in [0.5, 0.6) is 23.0 Å². The number of nitrogens with zero attached hydrogens (tertiary/aromatic N) is 2. The molecule has 4 aromatic rings. The van der Waals surface area contributed by atoms with Crippen LogP contribution in [-0.2, 0) is 11.3 Å². The largest absolute Gasteiger partial charge is 0.497 e. The van der Waals surface area contributed by atoms with Gasteiger partial charge >= 0.3 is 0 Å². The molecule has 0 saturated heterocycles. The number of hydrogen-bond acceptors (Lipinski definition) is 7. The molecule has 0 saturated carbocycles. The number of thiophene rings is 1. The van der Waals surface area contributed by atoms with Gasteiger partial charge in [-0.3, -0.25) is 14.2 Å². The zero-order valence-electron chi connectivity index (χ0n) is 19.4. The quantitative estimate of drug-likeness (QED) is 0.386. The molecule has 176 valence electrons. The van der Waals surface area contributed by atoms with Gasteiger partial charge in [0.15, 0.2) is 11.5 Å². The third-order valence-electron chi connectivity index (χ3n) is 5.47. The lowest BCUT2D eigenvalue weighted by molar-refractivity contribution is -0.116. The van der Waals surface area contributed by atoms with E-state index in [-0.39, 0.29) is 24.4 Å². The Bertz CT molecular complexity index is 1390. The molecule has 0 aliphatic carbocycles. The summed E-state index contributed by atoms with van der Waals surface area (Å²) in [5.74, 6) is 2.08. The van der Waals surface area contributed by atoms with Crippen molar-refractivity contribution in [3.8, 4) is 23.0 Å². The summed E-state index contributed by atoms with van der Waals surface area (Å²) < 4.78 is 18.0. The molecule has 0 aliphatic heterocycles. The van der Waals surface area contributed by atoms with Crippen LogP contribution in [0.2, 0.25) is 0 Å². The smallest absolute Gasteiger partial charge is 0.262 e. The molecule has 0 radical (unpaired) electrons. The molecule has 1 N–H and O–H groups in total. The van der Waals surface area contributed by atoms with Crippen molar-refractivity contribution in [2.24, 2.45) is 0 Å². The first kappa shape index (κ1) is 23.3. The number of carbonyl (C=O) groups is 1. The number of amides is 1. The Hall–Kier alpha value is -3.85. The summed E-state index contributed by atoms with van der Waals surface area (Å²) >= 11 is 1.50. The van der Waals surface area contributed by atoms with E-state index in [1.54, 1.807) is 56.7 Å². The highest BCUT2D eigenvalue weighted by molar-refractivity contribution is 7.18. The van der Waals surface area contributed by atoms with Crippen molar-refractivity contribution in [3.05, 3.63) is 69.6 Å². The number of fused-ring (bicyclic) bond motifs is 1. The second kappa shape index (κ2) is 9.96. The summed E-state index contributed by atoms with van der Waals surface area (Å²) in [6, 6.07) is 12.3. The molecular formula is C25H25N3O5S. The average Bonchev–Trinajstić information content (AvgIpc) is 3.13. The highest BCUT2D eigenvalue weighted by Gasteiger charge is 2.14. The summed E-state index contributed by atoms with van der Waals surface area (Å²) in [5, 5.41) is 3.48. The van der Waals surface area contributed by atoms with Gasteiger partial charge < -0.3 is 19.5 Å². The van der Waals surface area contributed by atoms with Crippen molar-refractivity contribution in [1.82, 2.24) is 9.55 Å². The van der Waals surface area contributed by atoms with Crippen molar-refractivity contribution in [2.45, 2.75) is 26.8 Å². The number of anilines is 1. The van der Waals surface area contributed by atoms with Gasteiger partial charge in [0, 0.05) is 29.6 Å². The predicted octanol–water partition coefficient (Wildman–Crippen LogP) is 4.91. The van der Waals surface area contributed by atoms with Gasteiger partial charge in [-0.05, 0) is 55.8 Å². The van der Waals surface area contributed by atoms with E-state index in [0.29, 0.717) is 28.3 Å². The summed E-state index contributed by atoms with van der Waals surface area (Å²) in [6.07, 6.45) is 1.62. The molecule has 0 fully saturated rings. The fraction of sp³-hybridized carbons (Fsp3) is 0.240. The van der Waals surface area contributed by atoms with E-state index in [1.807, 2.05) is 13.8 Å². The van der Waals surface area contributed by atoms with Crippen molar-refractivity contribution in [1.29, 1.82) is 0 Å². The van der Waals surface area contributed by atoms with Gasteiger partial charge in [-0.15, -0.1) is 11.3 Å². The Balaban J connectivity index is 1.45. The molecule has 0 atom stereocenters. The molecule has 34 heavy (non-hydrogen) atoms. The predicted molar refractivity (Wildman–Crippen MR) is 133 cm³/mol. The van der Waals surface area contributed by atoms with E-state index in [0.717, 1.165) is 21.0 Å².